The van der Waals surface area contributed by atoms with E-state index in [0.717, 1.165) is 57.8 Å². The zero-order valence-corrected chi connectivity index (χ0v) is 48.2. The highest BCUT2D eigenvalue weighted by molar-refractivity contribution is 5.76. The first kappa shape index (κ1) is 69.8. The maximum Gasteiger partial charge on any atom is 0.305 e. The van der Waals surface area contributed by atoms with Gasteiger partial charge in [-0.3, -0.25) is 9.59 Å². The molecule has 2 atom stereocenters. The molecule has 0 fully saturated rings. The molecule has 0 heterocycles. The summed E-state index contributed by atoms with van der Waals surface area (Å²) in [5, 5.41) is 23.2. The summed E-state index contributed by atoms with van der Waals surface area (Å²) in [7, 11) is 0. The Morgan fingerprint density at radius 2 is 0.694 bits per heavy atom. The molecular weight excluding hydrogens is 887 g/mol. The van der Waals surface area contributed by atoms with Crippen LogP contribution in [0.5, 0.6) is 0 Å². The summed E-state index contributed by atoms with van der Waals surface area (Å²) in [6, 6.07) is -0.543. The summed E-state index contributed by atoms with van der Waals surface area (Å²) >= 11 is 0. The van der Waals surface area contributed by atoms with E-state index in [-0.39, 0.29) is 18.5 Å². The fourth-order valence-corrected chi connectivity index (χ4v) is 9.70. The van der Waals surface area contributed by atoms with Crippen LogP contribution in [0.2, 0.25) is 0 Å². The van der Waals surface area contributed by atoms with Gasteiger partial charge in [-0.15, -0.1) is 0 Å². The van der Waals surface area contributed by atoms with Gasteiger partial charge in [0.25, 0.3) is 0 Å². The molecular formula is C66H123NO5. The average molecular weight is 1010 g/mol. The maximum atomic E-state index is 12.4. The molecule has 0 aliphatic carbocycles. The molecule has 422 valence electrons. The number of aliphatic hydroxyl groups is 2. The van der Waals surface area contributed by atoms with Gasteiger partial charge in [-0.05, 0) is 89.9 Å². The summed E-state index contributed by atoms with van der Waals surface area (Å²) < 4.78 is 5.49. The van der Waals surface area contributed by atoms with Crippen LogP contribution in [-0.4, -0.2) is 47.4 Å². The quantitative estimate of drug-likeness (QED) is 0.0320. The van der Waals surface area contributed by atoms with Crippen molar-refractivity contribution in [1.29, 1.82) is 0 Å². The van der Waals surface area contributed by atoms with Crippen LogP contribution in [0.15, 0.2) is 48.6 Å². The van der Waals surface area contributed by atoms with Gasteiger partial charge in [0.05, 0.1) is 25.4 Å². The largest absolute Gasteiger partial charge is 0.466 e. The average Bonchev–Trinajstić information content (AvgIpc) is 3.38. The van der Waals surface area contributed by atoms with E-state index in [2.05, 4.69) is 67.8 Å². The molecule has 1 amide bonds. The van der Waals surface area contributed by atoms with Crippen LogP contribution in [0.3, 0.4) is 0 Å². The van der Waals surface area contributed by atoms with Gasteiger partial charge in [0.2, 0.25) is 5.91 Å². The molecule has 2 unspecified atom stereocenters. The molecule has 6 nitrogen and oxygen atoms in total. The van der Waals surface area contributed by atoms with E-state index < -0.39 is 12.1 Å². The minimum absolute atomic E-state index is 0.00302. The topological polar surface area (TPSA) is 95.9 Å². The first-order valence-corrected chi connectivity index (χ1v) is 31.9. The monoisotopic (exact) mass is 1010 g/mol. The van der Waals surface area contributed by atoms with E-state index >= 15 is 0 Å². The number of amides is 1. The highest BCUT2D eigenvalue weighted by atomic mass is 16.5. The number of hydrogen-bond donors (Lipinski definition) is 3. The van der Waals surface area contributed by atoms with Crippen LogP contribution in [0.4, 0.5) is 0 Å². The standard InChI is InChI=1S/C66H123NO5/c1-3-5-7-9-11-13-15-16-17-18-31-34-37-40-44-48-52-56-60-66(71)72-61-57-53-49-45-41-38-35-32-29-27-25-23-21-19-20-22-24-26-28-30-33-36-39-43-47-51-55-59-65(70)67-63(62-68)64(69)58-54-50-46-42-14-12-10-8-6-4-2/h13,15,17-20,23,25,63-64,68-69H,3-12,14,16,21-22,24,26-62H2,1-2H3,(H,67,70)/b15-13-,18-17-,20-19-,25-23-. The van der Waals surface area contributed by atoms with Crippen molar-refractivity contribution in [3.8, 4) is 0 Å². The molecule has 0 radical (unpaired) electrons. The van der Waals surface area contributed by atoms with Gasteiger partial charge in [0.1, 0.15) is 0 Å². The lowest BCUT2D eigenvalue weighted by Gasteiger charge is -2.22. The smallest absolute Gasteiger partial charge is 0.305 e. The zero-order valence-electron chi connectivity index (χ0n) is 48.2. The van der Waals surface area contributed by atoms with Crippen LogP contribution >= 0.6 is 0 Å². The second-order valence-corrected chi connectivity index (χ2v) is 21.7. The van der Waals surface area contributed by atoms with Crippen molar-refractivity contribution in [3.63, 3.8) is 0 Å². The molecule has 0 aromatic heterocycles. The molecule has 3 N–H and O–H groups in total. The molecule has 0 saturated heterocycles. The Balaban J connectivity index is 3.40. The third-order valence-corrected chi connectivity index (χ3v) is 14.6. The highest BCUT2D eigenvalue weighted by Gasteiger charge is 2.20. The van der Waals surface area contributed by atoms with Gasteiger partial charge >= 0.3 is 5.97 Å². The van der Waals surface area contributed by atoms with Crippen LogP contribution in [0.25, 0.3) is 0 Å². The Hall–Kier alpha value is -2.18. The third kappa shape index (κ3) is 57.1. The van der Waals surface area contributed by atoms with Crippen LogP contribution < -0.4 is 5.32 Å². The van der Waals surface area contributed by atoms with Crippen LogP contribution in [0.1, 0.15) is 335 Å². The lowest BCUT2D eigenvalue weighted by atomic mass is 10.0. The number of unbranched alkanes of at least 4 members (excludes halogenated alkanes) is 40. The van der Waals surface area contributed by atoms with Gasteiger partial charge in [-0.2, -0.15) is 0 Å². The Morgan fingerprint density at radius 3 is 1.07 bits per heavy atom. The normalized spacial score (nSPS) is 12.9. The van der Waals surface area contributed by atoms with Crippen molar-refractivity contribution in [2.75, 3.05) is 13.2 Å². The molecule has 0 spiro atoms. The van der Waals surface area contributed by atoms with E-state index in [4.69, 9.17) is 4.74 Å². The van der Waals surface area contributed by atoms with Gasteiger partial charge in [-0.25, -0.2) is 0 Å². The van der Waals surface area contributed by atoms with Gasteiger partial charge in [0, 0.05) is 12.8 Å². The molecule has 0 bridgehead atoms. The summed E-state index contributed by atoms with van der Waals surface area (Å²) in [5.74, 6) is -0.0367. The van der Waals surface area contributed by atoms with Gasteiger partial charge in [-0.1, -0.05) is 281 Å². The van der Waals surface area contributed by atoms with E-state index in [1.54, 1.807) is 0 Å². The van der Waals surface area contributed by atoms with Crippen molar-refractivity contribution < 1.29 is 24.5 Å². The maximum absolute atomic E-state index is 12.4. The second-order valence-electron chi connectivity index (χ2n) is 21.7. The van der Waals surface area contributed by atoms with Crippen molar-refractivity contribution in [3.05, 3.63) is 48.6 Å². The lowest BCUT2D eigenvalue weighted by molar-refractivity contribution is -0.143. The molecule has 6 heteroatoms. The fraction of sp³-hybridized carbons (Fsp3) is 0.848. The first-order valence-electron chi connectivity index (χ1n) is 31.9. The van der Waals surface area contributed by atoms with Crippen molar-refractivity contribution in [2.24, 2.45) is 0 Å². The predicted octanol–water partition coefficient (Wildman–Crippen LogP) is 20.1. The Kier molecular flexibility index (Phi) is 59.5. The van der Waals surface area contributed by atoms with Gasteiger partial charge < -0.3 is 20.3 Å². The molecule has 0 aromatic rings. The predicted molar refractivity (Wildman–Crippen MR) is 315 cm³/mol. The van der Waals surface area contributed by atoms with Gasteiger partial charge in [0.15, 0.2) is 0 Å². The third-order valence-electron chi connectivity index (χ3n) is 14.6. The number of rotatable bonds is 59. The number of ether oxygens (including phenoxy) is 1. The van der Waals surface area contributed by atoms with Crippen LogP contribution in [0, 0.1) is 0 Å². The number of hydrogen-bond acceptors (Lipinski definition) is 5. The number of aliphatic hydroxyl groups excluding tert-OH is 2. The van der Waals surface area contributed by atoms with Crippen molar-refractivity contribution >= 4 is 11.9 Å². The molecule has 0 aliphatic heterocycles. The number of allylic oxidation sites excluding steroid dienone is 8. The SMILES string of the molecule is CCCCCC/C=C\C/C=C\CCCCCCCCCC(=O)OCCCCCCCCCCC/C=C\C/C=C\CCCCCCCCCCCCCC(=O)NC(CO)C(O)CCCCCCCCCCCC. The Labute approximate surface area is 448 Å². The number of carbonyl (C=O) groups is 2. The lowest BCUT2D eigenvalue weighted by Crippen LogP contribution is -2.45. The van der Waals surface area contributed by atoms with E-state index in [0.29, 0.717) is 25.9 Å². The number of esters is 1. The molecule has 72 heavy (non-hydrogen) atoms. The minimum Gasteiger partial charge on any atom is -0.466 e. The molecule has 0 aromatic carbocycles. The summed E-state index contributed by atoms with van der Waals surface area (Å²) in [6.45, 7) is 4.92. The minimum atomic E-state index is -0.665. The van der Waals surface area contributed by atoms with E-state index in [1.165, 1.54) is 244 Å². The molecule has 0 aliphatic rings. The number of carbonyl (C=O) groups excluding carboxylic acids is 2. The number of nitrogens with one attached hydrogen (secondary N) is 1. The summed E-state index contributed by atoms with van der Waals surface area (Å²) in [4.78, 5) is 24.5. The zero-order chi connectivity index (χ0) is 52.2. The molecule has 0 saturated carbocycles. The summed E-state index contributed by atoms with van der Waals surface area (Å²) in [6.07, 6.45) is 78.5. The second kappa shape index (κ2) is 61.4. The van der Waals surface area contributed by atoms with E-state index in [9.17, 15) is 19.8 Å². The molecule has 0 rings (SSSR count). The fourth-order valence-electron chi connectivity index (χ4n) is 9.70. The Bertz CT molecular complexity index is 1210. The first-order chi connectivity index (χ1) is 35.5. The van der Waals surface area contributed by atoms with Crippen LogP contribution in [-0.2, 0) is 14.3 Å². The van der Waals surface area contributed by atoms with Crippen molar-refractivity contribution in [1.82, 2.24) is 5.32 Å². The Morgan fingerprint density at radius 1 is 0.389 bits per heavy atom. The summed E-state index contributed by atoms with van der Waals surface area (Å²) in [5.41, 5.74) is 0. The van der Waals surface area contributed by atoms with E-state index in [1.807, 2.05) is 0 Å². The van der Waals surface area contributed by atoms with Crippen molar-refractivity contribution in [2.45, 2.75) is 347 Å². The highest BCUT2D eigenvalue weighted by Crippen LogP contribution is 2.17.